The van der Waals surface area contributed by atoms with Crippen molar-refractivity contribution in [2.75, 3.05) is 6.66 Å². The molecule has 0 nitrogen and oxygen atoms in total. The van der Waals surface area contributed by atoms with Crippen LogP contribution in [0.25, 0.3) is 0 Å². The Balaban J connectivity index is 2.22. The first kappa shape index (κ1) is 13.1. The molecular formula is C13H22P2. The first-order valence-electron chi connectivity index (χ1n) is 5.70. The molecule has 0 aliphatic rings. The van der Waals surface area contributed by atoms with Crippen molar-refractivity contribution >= 4 is 16.5 Å². The zero-order valence-electron chi connectivity index (χ0n) is 10.0. The average Bonchev–Trinajstić information content (AvgIpc) is 2.21. The number of hydrogen-bond donors (Lipinski definition) is 0. The van der Waals surface area contributed by atoms with Gasteiger partial charge in [0.25, 0.3) is 0 Å². The molecule has 0 bridgehead atoms. The Hall–Kier alpha value is 0.0800. The summed E-state index contributed by atoms with van der Waals surface area (Å²) in [5.41, 5.74) is 3.80. The monoisotopic (exact) mass is 240 g/mol. The molecule has 1 rings (SSSR count). The highest BCUT2D eigenvalue weighted by Crippen LogP contribution is 2.39. The van der Waals surface area contributed by atoms with Crippen LogP contribution in [0, 0.1) is 6.92 Å². The van der Waals surface area contributed by atoms with E-state index < -0.39 is 0 Å². The van der Waals surface area contributed by atoms with Crippen LogP contribution in [0.4, 0.5) is 0 Å². The van der Waals surface area contributed by atoms with Gasteiger partial charge in [-0.3, -0.25) is 0 Å². The van der Waals surface area contributed by atoms with Gasteiger partial charge in [-0.2, -0.15) is 0 Å². The topological polar surface area (TPSA) is 0 Å². The van der Waals surface area contributed by atoms with Crippen LogP contribution in [-0.2, 0) is 6.42 Å². The van der Waals surface area contributed by atoms with E-state index >= 15 is 0 Å². The van der Waals surface area contributed by atoms with Gasteiger partial charge in [-0.1, -0.05) is 45.0 Å². The van der Waals surface area contributed by atoms with Crippen LogP contribution in [0.5, 0.6) is 0 Å². The highest BCUT2D eigenvalue weighted by molar-refractivity contribution is 8.11. The van der Waals surface area contributed by atoms with E-state index in [1.54, 1.807) is 0 Å². The molecule has 2 heteroatoms. The number of aryl methyl sites for hydroxylation is 2. The molecule has 0 N–H and O–H groups in total. The fraction of sp³-hybridized carbons (Fsp3) is 0.538. The van der Waals surface area contributed by atoms with Crippen molar-refractivity contribution in [1.82, 2.24) is 0 Å². The first-order valence-corrected chi connectivity index (χ1v) is 9.28. The third-order valence-electron chi connectivity index (χ3n) is 2.61. The second-order valence-corrected chi connectivity index (χ2v) is 8.31. The molecule has 0 aliphatic heterocycles. The van der Waals surface area contributed by atoms with Crippen LogP contribution in [0.15, 0.2) is 24.3 Å². The van der Waals surface area contributed by atoms with Crippen LogP contribution in [0.2, 0.25) is 0 Å². The van der Waals surface area contributed by atoms with Crippen molar-refractivity contribution in [2.24, 2.45) is 0 Å². The number of hydrogen-bond acceptors (Lipinski definition) is 0. The fourth-order valence-electron chi connectivity index (χ4n) is 1.69. The minimum absolute atomic E-state index is 0.943. The van der Waals surface area contributed by atoms with Gasteiger partial charge in [0.05, 0.1) is 0 Å². The fourth-order valence-corrected chi connectivity index (χ4v) is 4.44. The van der Waals surface area contributed by atoms with E-state index in [-0.39, 0.29) is 0 Å². The maximum Gasteiger partial charge on any atom is -0.0229 e. The molecule has 0 fully saturated rings. The summed E-state index contributed by atoms with van der Waals surface area (Å²) in [5, 5.41) is 0. The Morgan fingerprint density at radius 1 is 1.20 bits per heavy atom. The normalized spacial score (nSPS) is 14.3. The Kier molecular flexibility index (Phi) is 6.46. The SMILES string of the molecule is CPPC(C)CCCc1ccc(C)cc1. The van der Waals surface area contributed by atoms with Gasteiger partial charge < -0.3 is 0 Å². The molecule has 0 heterocycles. The second kappa shape index (κ2) is 7.37. The molecule has 0 amide bonds. The van der Waals surface area contributed by atoms with Gasteiger partial charge in [0.15, 0.2) is 0 Å². The van der Waals surface area contributed by atoms with E-state index in [2.05, 4.69) is 44.8 Å². The quantitative estimate of drug-likeness (QED) is 0.637. The molecule has 84 valence electrons. The maximum atomic E-state index is 2.39. The van der Waals surface area contributed by atoms with E-state index in [0.717, 1.165) is 13.9 Å². The predicted molar refractivity (Wildman–Crippen MR) is 76.1 cm³/mol. The summed E-state index contributed by atoms with van der Waals surface area (Å²) in [7, 11) is 2.32. The summed E-state index contributed by atoms with van der Waals surface area (Å²) in [4.78, 5) is 0. The minimum atomic E-state index is 0.943. The van der Waals surface area contributed by atoms with Crippen molar-refractivity contribution in [3.05, 3.63) is 35.4 Å². The van der Waals surface area contributed by atoms with E-state index in [9.17, 15) is 0 Å². The van der Waals surface area contributed by atoms with Gasteiger partial charge in [-0.05, 0) is 44.1 Å². The summed E-state index contributed by atoms with van der Waals surface area (Å²) in [6.45, 7) is 6.86. The zero-order valence-corrected chi connectivity index (χ0v) is 12.0. The lowest BCUT2D eigenvalue weighted by Gasteiger charge is -2.09. The molecule has 0 saturated carbocycles. The predicted octanol–water partition coefficient (Wildman–Crippen LogP) is 4.61. The summed E-state index contributed by atoms with van der Waals surface area (Å²) in [6, 6.07) is 8.97. The zero-order chi connectivity index (χ0) is 11.1. The molecule has 0 spiro atoms. The lowest BCUT2D eigenvalue weighted by molar-refractivity contribution is 0.729. The maximum absolute atomic E-state index is 2.39. The molecule has 0 aromatic heterocycles. The molecular weight excluding hydrogens is 218 g/mol. The molecule has 3 unspecified atom stereocenters. The molecule has 1 aromatic carbocycles. The average molecular weight is 240 g/mol. The standard InChI is InChI=1S/C13H22P2/c1-11-7-9-13(10-8-11)6-4-5-12(2)15-14-3/h7-10,12,14-15H,4-6H2,1-3H3. The smallest absolute Gasteiger partial charge is 0.0229 e. The molecule has 1 aromatic rings. The van der Waals surface area contributed by atoms with Gasteiger partial charge in [0, 0.05) is 0 Å². The Bertz CT molecular complexity index is 266. The van der Waals surface area contributed by atoms with Gasteiger partial charge in [0.2, 0.25) is 0 Å². The third kappa shape index (κ3) is 5.64. The lowest BCUT2D eigenvalue weighted by atomic mass is 10.1. The van der Waals surface area contributed by atoms with Crippen molar-refractivity contribution in [2.45, 2.75) is 38.8 Å². The van der Waals surface area contributed by atoms with Crippen LogP contribution in [0.3, 0.4) is 0 Å². The van der Waals surface area contributed by atoms with Gasteiger partial charge in [0.1, 0.15) is 0 Å². The highest BCUT2D eigenvalue weighted by Gasteiger charge is 2.00. The Morgan fingerprint density at radius 3 is 2.47 bits per heavy atom. The van der Waals surface area contributed by atoms with Crippen LogP contribution >= 0.6 is 16.5 Å². The van der Waals surface area contributed by atoms with Crippen molar-refractivity contribution in [3.63, 3.8) is 0 Å². The van der Waals surface area contributed by atoms with E-state index in [1.807, 2.05) is 0 Å². The van der Waals surface area contributed by atoms with Gasteiger partial charge in [-0.15, -0.1) is 8.27 Å². The van der Waals surface area contributed by atoms with E-state index in [1.165, 1.54) is 38.7 Å². The number of rotatable bonds is 6. The molecule has 0 aliphatic carbocycles. The summed E-state index contributed by atoms with van der Waals surface area (Å²) in [5.74, 6) is 0. The molecule has 3 atom stereocenters. The highest BCUT2D eigenvalue weighted by atomic mass is 32.0. The van der Waals surface area contributed by atoms with Crippen molar-refractivity contribution < 1.29 is 0 Å². The summed E-state index contributed by atoms with van der Waals surface area (Å²) >= 11 is 0. The summed E-state index contributed by atoms with van der Waals surface area (Å²) < 4.78 is 0. The van der Waals surface area contributed by atoms with Gasteiger partial charge >= 0.3 is 0 Å². The Morgan fingerprint density at radius 2 is 1.87 bits per heavy atom. The largest absolute Gasteiger partial charge is 0.102 e. The lowest BCUT2D eigenvalue weighted by Crippen LogP contribution is -1.94. The van der Waals surface area contributed by atoms with Crippen molar-refractivity contribution in [3.8, 4) is 0 Å². The second-order valence-electron chi connectivity index (χ2n) is 4.17. The van der Waals surface area contributed by atoms with E-state index in [0.29, 0.717) is 0 Å². The number of benzene rings is 1. The third-order valence-corrected chi connectivity index (χ3v) is 6.03. The van der Waals surface area contributed by atoms with Gasteiger partial charge in [-0.25, -0.2) is 0 Å². The molecule has 0 radical (unpaired) electrons. The molecule has 0 saturated heterocycles. The van der Waals surface area contributed by atoms with Crippen LogP contribution in [0.1, 0.15) is 30.9 Å². The molecule has 15 heavy (non-hydrogen) atoms. The summed E-state index contributed by atoms with van der Waals surface area (Å²) in [6.07, 6.45) is 4.00. The Labute approximate surface area is 97.7 Å². The van der Waals surface area contributed by atoms with Crippen LogP contribution < -0.4 is 0 Å². The van der Waals surface area contributed by atoms with Crippen LogP contribution in [-0.4, -0.2) is 12.3 Å². The van der Waals surface area contributed by atoms with Crippen molar-refractivity contribution in [1.29, 1.82) is 0 Å². The first-order chi connectivity index (χ1) is 7.22. The minimum Gasteiger partial charge on any atom is -0.102 e. The van der Waals surface area contributed by atoms with E-state index in [4.69, 9.17) is 0 Å².